The Hall–Kier alpha value is -4.64. The zero-order valence-electron chi connectivity index (χ0n) is 21.1. The number of aromatic nitrogens is 4. The zero-order valence-corrected chi connectivity index (χ0v) is 21.9. The van der Waals surface area contributed by atoms with Crippen molar-refractivity contribution < 1.29 is 13.2 Å². The molecule has 0 saturated heterocycles. The summed E-state index contributed by atoms with van der Waals surface area (Å²) in [6, 6.07) is 23.7. The second-order valence-corrected chi connectivity index (χ2v) is 11.4. The van der Waals surface area contributed by atoms with Gasteiger partial charge in [-0.2, -0.15) is 5.10 Å². The summed E-state index contributed by atoms with van der Waals surface area (Å²) in [6.07, 6.45) is 0. The number of anilines is 3. The van der Waals surface area contributed by atoms with Gasteiger partial charge < -0.3 is 4.98 Å². The minimum atomic E-state index is -3.78. The summed E-state index contributed by atoms with van der Waals surface area (Å²) in [4.78, 5) is 20.4. The predicted molar refractivity (Wildman–Crippen MR) is 148 cm³/mol. The van der Waals surface area contributed by atoms with Gasteiger partial charge in [0.05, 0.1) is 27.3 Å². The van der Waals surface area contributed by atoms with E-state index in [-0.39, 0.29) is 10.3 Å². The largest absolute Gasteiger partial charge is 0.327 e. The monoisotopic (exact) mass is 529 g/mol. The number of imidazole rings is 1. The first-order valence-corrected chi connectivity index (χ1v) is 13.4. The number of sulfonamides is 1. The van der Waals surface area contributed by atoms with E-state index in [1.54, 1.807) is 47.1 Å². The molecule has 0 aliphatic carbocycles. The molecule has 5 rings (SSSR count). The number of benzene rings is 3. The van der Waals surface area contributed by atoms with E-state index in [0.29, 0.717) is 23.1 Å². The molecule has 5 aromatic rings. The van der Waals surface area contributed by atoms with Crippen LogP contribution in [0.2, 0.25) is 0 Å². The van der Waals surface area contributed by atoms with Crippen molar-refractivity contribution in [2.45, 2.75) is 31.1 Å². The predicted octanol–water partition coefficient (Wildman–Crippen LogP) is 5.49. The van der Waals surface area contributed by atoms with Crippen LogP contribution in [0.25, 0.3) is 16.7 Å². The molecule has 0 aliphatic heterocycles. The average molecular weight is 530 g/mol. The lowest BCUT2D eigenvalue weighted by molar-refractivity contribution is 0.262. The second-order valence-electron chi connectivity index (χ2n) is 9.72. The summed E-state index contributed by atoms with van der Waals surface area (Å²) in [5, 5.41) is 10.2. The van der Waals surface area contributed by atoms with Crippen LogP contribution in [0.15, 0.2) is 89.8 Å². The van der Waals surface area contributed by atoms with Gasteiger partial charge in [0.25, 0.3) is 10.0 Å². The van der Waals surface area contributed by atoms with Crippen LogP contribution in [0.3, 0.4) is 0 Å². The number of nitrogens with zero attached hydrogens (tertiary/aromatic N) is 3. The molecule has 2 aromatic heterocycles. The van der Waals surface area contributed by atoms with Crippen LogP contribution >= 0.6 is 0 Å². The minimum absolute atomic E-state index is 0.102. The Bertz CT molecular complexity index is 1670. The smallest absolute Gasteiger partial charge is 0.324 e. The normalized spacial score (nSPS) is 11.9. The SMILES string of the molecule is CC(C)(C)c1cc(NC(=O)Nc2nc3ccccc3[nH]2)n(-c2ccc(S(=O)(=O)Nc3ccccc3)cc2)n1. The average Bonchev–Trinajstić information content (AvgIpc) is 3.48. The highest BCUT2D eigenvalue weighted by atomic mass is 32.2. The van der Waals surface area contributed by atoms with E-state index < -0.39 is 16.1 Å². The molecular formula is C27H27N7O3S. The molecular weight excluding hydrogens is 502 g/mol. The van der Waals surface area contributed by atoms with Crippen LogP contribution in [0, 0.1) is 0 Å². The van der Waals surface area contributed by atoms with E-state index in [2.05, 4.69) is 25.3 Å². The number of para-hydroxylation sites is 3. The van der Waals surface area contributed by atoms with Gasteiger partial charge in [-0.25, -0.2) is 22.9 Å². The van der Waals surface area contributed by atoms with Gasteiger partial charge in [0.2, 0.25) is 5.95 Å². The summed E-state index contributed by atoms with van der Waals surface area (Å²) in [5.41, 5.74) is 3.05. The number of H-pyrrole nitrogens is 1. The standard InChI is InChI=1S/C27H27N7O3S/c1-27(2,3)23-17-24(30-26(35)31-25-28-21-11-7-8-12-22(21)29-25)34(32-23)19-13-15-20(16-14-19)38(36,37)33-18-9-5-4-6-10-18/h4-17,33H,1-3H3,(H3,28,29,30,31,35). The Labute approximate surface area is 220 Å². The molecule has 194 valence electrons. The third-order valence-corrected chi connectivity index (χ3v) is 7.16. The van der Waals surface area contributed by atoms with Crippen LogP contribution in [0.4, 0.5) is 22.2 Å². The van der Waals surface area contributed by atoms with Gasteiger partial charge in [0.15, 0.2) is 0 Å². The Kier molecular flexibility index (Phi) is 6.37. The lowest BCUT2D eigenvalue weighted by Crippen LogP contribution is -2.22. The van der Waals surface area contributed by atoms with E-state index in [1.807, 2.05) is 51.1 Å². The van der Waals surface area contributed by atoms with E-state index in [9.17, 15) is 13.2 Å². The van der Waals surface area contributed by atoms with Gasteiger partial charge in [0.1, 0.15) is 5.82 Å². The zero-order chi connectivity index (χ0) is 26.9. The van der Waals surface area contributed by atoms with Gasteiger partial charge in [-0.3, -0.25) is 15.4 Å². The molecule has 2 heterocycles. The molecule has 2 amide bonds. The summed E-state index contributed by atoms with van der Waals surface area (Å²) in [5.74, 6) is 0.729. The van der Waals surface area contributed by atoms with Gasteiger partial charge >= 0.3 is 6.03 Å². The van der Waals surface area contributed by atoms with Crippen molar-refractivity contribution in [3.8, 4) is 5.69 Å². The van der Waals surface area contributed by atoms with E-state index in [1.165, 1.54) is 12.1 Å². The Morgan fingerprint density at radius 3 is 2.26 bits per heavy atom. The van der Waals surface area contributed by atoms with Crippen molar-refractivity contribution in [1.82, 2.24) is 19.7 Å². The number of amides is 2. The molecule has 0 aliphatic rings. The number of hydrogen-bond donors (Lipinski definition) is 4. The Balaban J connectivity index is 1.40. The molecule has 10 nitrogen and oxygen atoms in total. The molecule has 3 aromatic carbocycles. The first kappa shape index (κ1) is 25.0. The van der Waals surface area contributed by atoms with Crippen molar-refractivity contribution >= 4 is 44.5 Å². The maximum Gasteiger partial charge on any atom is 0.327 e. The molecule has 11 heteroatoms. The molecule has 0 unspecified atom stereocenters. The van der Waals surface area contributed by atoms with E-state index >= 15 is 0 Å². The van der Waals surface area contributed by atoms with Crippen molar-refractivity contribution in [2.24, 2.45) is 0 Å². The fourth-order valence-electron chi connectivity index (χ4n) is 3.79. The first-order chi connectivity index (χ1) is 18.1. The Morgan fingerprint density at radius 1 is 0.895 bits per heavy atom. The van der Waals surface area contributed by atoms with Gasteiger partial charge in [0, 0.05) is 17.2 Å². The molecule has 4 N–H and O–H groups in total. The number of rotatable bonds is 6. The molecule has 0 saturated carbocycles. The van der Waals surface area contributed by atoms with Crippen LogP contribution in [0.1, 0.15) is 26.5 Å². The van der Waals surface area contributed by atoms with Crippen LogP contribution in [-0.4, -0.2) is 34.2 Å². The highest BCUT2D eigenvalue weighted by molar-refractivity contribution is 7.92. The number of hydrogen-bond acceptors (Lipinski definition) is 5. The fourth-order valence-corrected chi connectivity index (χ4v) is 4.85. The van der Waals surface area contributed by atoms with E-state index in [0.717, 1.165) is 16.7 Å². The minimum Gasteiger partial charge on any atom is -0.324 e. The van der Waals surface area contributed by atoms with Crippen molar-refractivity contribution in [3.63, 3.8) is 0 Å². The van der Waals surface area contributed by atoms with Crippen molar-refractivity contribution in [1.29, 1.82) is 0 Å². The van der Waals surface area contributed by atoms with E-state index in [4.69, 9.17) is 5.10 Å². The van der Waals surface area contributed by atoms with Crippen molar-refractivity contribution in [2.75, 3.05) is 15.4 Å². The summed E-state index contributed by atoms with van der Waals surface area (Å²) in [7, 11) is -3.78. The summed E-state index contributed by atoms with van der Waals surface area (Å²) >= 11 is 0. The Morgan fingerprint density at radius 2 is 1.58 bits per heavy atom. The lowest BCUT2D eigenvalue weighted by atomic mass is 9.92. The maximum atomic E-state index is 12.8. The molecule has 0 radical (unpaired) electrons. The highest BCUT2D eigenvalue weighted by Gasteiger charge is 2.22. The van der Waals surface area contributed by atoms with Crippen molar-refractivity contribution in [3.05, 3.63) is 90.6 Å². The maximum absolute atomic E-state index is 12.8. The third kappa shape index (κ3) is 5.37. The summed E-state index contributed by atoms with van der Waals surface area (Å²) < 4.78 is 29.8. The number of fused-ring (bicyclic) bond motifs is 1. The number of urea groups is 1. The number of nitrogens with one attached hydrogen (secondary N) is 4. The highest BCUT2D eigenvalue weighted by Crippen LogP contribution is 2.27. The molecule has 0 bridgehead atoms. The third-order valence-electron chi connectivity index (χ3n) is 5.76. The molecule has 0 atom stereocenters. The number of carbonyl (C=O) groups is 1. The first-order valence-electron chi connectivity index (χ1n) is 11.9. The van der Waals surface area contributed by atoms with Gasteiger partial charge in [-0.15, -0.1) is 0 Å². The quantitative estimate of drug-likeness (QED) is 0.231. The number of aromatic amines is 1. The van der Waals surface area contributed by atoms with Crippen LogP contribution < -0.4 is 15.4 Å². The van der Waals surface area contributed by atoms with Crippen LogP contribution in [-0.2, 0) is 15.4 Å². The fraction of sp³-hybridized carbons (Fsp3) is 0.148. The molecule has 0 spiro atoms. The molecule has 0 fully saturated rings. The second kappa shape index (κ2) is 9.67. The summed E-state index contributed by atoms with van der Waals surface area (Å²) in [6.45, 7) is 6.05. The lowest BCUT2D eigenvalue weighted by Gasteiger charge is -2.14. The van der Waals surface area contributed by atoms with Gasteiger partial charge in [-0.05, 0) is 48.5 Å². The molecule has 38 heavy (non-hydrogen) atoms. The van der Waals surface area contributed by atoms with Gasteiger partial charge in [-0.1, -0.05) is 51.1 Å². The topological polar surface area (TPSA) is 134 Å². The number of carbonyl (C=O) groups excluding carboxylic acids is 1. The van der Waals surface area contributed by atoms with Crippen LogP contribution in [0.5, 0.6) is 0 Å².